The van der Waals surface area contributed by atoms with Crippen LogP contribution in [0.4, 0.5) is 8.78 Å². The van der Waals surface area contributed by atoms with Crippen molar-refractivity contribution in [1.82, 2.24) is 10.6 Å². The van der Waals surface area contributed by atoms with Crippen molar-refractivity contribution in [3.63, 3.8) is 0 Å². The maximum absolute atomic E-state index is 13.4. The zero-order valence-corrected chi connectivity index (χ0v) is 32.5. The molecule has 2 fully saturated rings. The first kappa shape index (κ1) is 38.1. The third kappa shape index (κ3) is 10.5. The molecule has 2 saturated heterocycles. The van der Waals surface area contributed by atoms with Gasteiger partial charge in [-0.3, -0.25) is 0 Å². The Labute approximate surface area is 315 Å². The zero-order chi connectivity index (χ0) is 34.9. The molecule has 0 bridgehead atoms. The van der Waals surface area contributed by atoms with E-state index < -0.39 is 0 Å². The highest BCUT2D eigenvalue weighted by atomic mass is 127. The molecule has 0 spiro atoms. The van der Waals surface area contributed by atoms with Crippen LogP contribution in [-0.2, 0) is 22.7 Å². The molecule has 49 heavy (non-hydrogen) atoms. The van der Waals surface area contributed by atoms with E-state index in [9.17, 15) is 8.78 Å². The van der Waals surface area contributed by atoms with Gasteiger partial charge in [-0.05, 0) is 150 Å². The van der Waals surface area contributed by atoms with Crippen LogP contribution in [0.3, 0.4) is 0 Å². The molecule has 4 atom stereocenters. The summed E-state index contributed by atoms with van der Waals surface area (Å²) in [4.78, 5) is 0. The average molecular weight is 868 g/mol. The highest BCUT2D eigenvalue weighted by Crippen LogP contribution is 2.32. The molecule has 262 valence electrons. The van der Waals surface area contributed by atoms with Crippen molar-refractivity contribution in [3.8, 4) is 5.75 Å². The second kappa shape index (κ2) is 18.4. The van der Waals surface area contributed by atoms with Crippen molar-refractivity contribution in [2.75, 3.05) is 33.3 Å². The van der Waals surface area contributed by atoms with Crippen molar-refractivity contribution in [3.05, 3.63) is 131 Å². The second-order valence-electron chi connectivity index (χ2n) is 12.6. The molecule has 5 nitrogen and oxygen atoms in total. The minimum atomic E-state index is -0.192. The number of aryl methyl sites for hydroxylation is 2. The molecule has 10 heteroatoms. The predicted octanol–water partition coefficient (Wildman–Crippen LogP) is 9.62. The number of ether oxygens (including phenoxy) is 3. The summed E-state index contributed by atoms with van der Waals surface area (Å²) in [6.45, 7) is 8.58. The minimum Gasteiger partial charge on any atom is -0.497 e. The van der Waals surface area contributed by atoms with E-state index in [1.165, 1.54) is 17.7 Å². The normalized spacial score (nSPS) is 20.7. The molecule has 2 heterocycles. The Morgan fingerprint density at radius 2 is 1.35 bits per heavy atom. The Balaban J connectivity index is 0.000000191. The fourth-order valence-electron chi connectivity index (χ4n) is 6.62. The second-order valence-corrected chi connectivity index (χ2v) is 15.0. The number of rotatable bonds is 9. The quantitative estimate of drug-likeness (QED) is 0.164. The van der Waals surface area contributed by atoms with Crippen LogP contribution in [-0.4, -0.2) is 45.5 Å². The molecule has 6 rings (SSSR count). The van der Waals surface area contributed by atoms with Gasteiger partial charge in [0.1, 0.15) is 17.4 Å². The van der Waals surface area contributed by atoms with E-state index in [0.29, 0.717) is 13.2 Å². The molecule has 4 unspecified atom stereocenters. The fraction of sp³-hybridized carbons (Fsp3) is 0.385. The first-order valence-corrected chi connectivity index (χ1v) is 18.8. The summed E-state index contributed by atoms with van der Waals surface area (Å²) >= 11 is 11.9. The molecular formula is C39H43BrClF2IN2O3. The van der Waals surface area contributed by atoms with Gasteiger partial charge in [0.25, 0.3) is 0 Å². The Bertz CT molecular complexity index is 1710. The number of benzene rings is 4. The van der Waals surface area contributed by atoms with Crippen LogP contribution in [0.5, 0.6) is 5.75 Å². The molecule has 4 aromatic carbocycles. The largest absolute Gasteiger partial charge is 0.497 e. The van der Waals surface area contributed by atoms with Crippen LogP contribution in [0.2, 0.25) is 5.02 Å². The van der Waals surface area contributed by atoms with Gasteiger partial charge in [-0.2, -0.15) is 0 Å². The van der Waals surface area contributed by atoms with Crippen molar-refractivity contribution >= 4 is 50.1 Å². The maximum atomic E-state index is 13.4. The highest BCUT2D eigenvalue weighted by molar-refractivity contribution is 14.1. The molecule has 0 aromatic heterocycles. The minimum absolute atomic E-state index is 0.100. The first-order valence-electron chi connectivity index (χ1n) is 16.6. The summed E-state index contributed by atoms with van der Waals surface area (Å²) in [7, 11) is 1.66. The number of piperidine rings is 2. The Hall–Kier alpha value is -2.12. The summed E-state index contributed by atoms with van der Waals surface area (Å²) in [5.74, 6) is 0.901. The van der Waals surface area contributed by atoms with Crippen molar-refractivity contribution in [2.45, 2.75) is 63.9 Å². The van der Waals surface area contributed by atoms with Gasteiger partial charge >= 0.3 is 0 Å². The molecule has 4 aromatic rings. The van der Waals surface area contributed by atoms with Gasteiger partial charge in [0, 0.05) is 33.0 Å². The van der Waals surface area contributed by atoms with Gasteiger partial charge in [-0.25, -0.2) is 8.78 Å². The molecular weight excluding hydrogens is 825 g/mol. The smallest absolute Gasteiger partial charge is 0.123 e. The van der Waals surface area contributed by atoms with Gasteiger partial charge < -0.3 is 24.8 Å². The lowest BCUT2D eigenvalue weighted by atomic mass is 9.86. The maximum Gasteiger partial charge on any atom is 0.123 e. The SMILES string of the molecule is COc1ccc(Br)c(COC2CCNCC2c2ccc(F)cc2C)c1.Cc1cc(F)ccc1C1CNCCC1OCc1ccc(Cl)c(I)c1. The van der Waals surface area contributed by atoms with Crippen molar-refractivity contribution in [1.29, 1.82) is 0 Å². The van der Waals surface area contributed by atoms with E-state index >= 15 is 0 Å². The van der Waals surface area contributed by atoms with Gasteiger partial charge in [0.05, 0.1) is 37.6 Å². The topological polar surface area (TPSA) is 51.8 Å². The van der Waals surface area contributed by atoms with E-state index in [-0.39, 0.29) is 35.7 Å². The fourth-order valence-corrected chi connectivity index (χ4v) is 7.68. The van der Waals surface area contributed by atoms with Crippen LogP contribution in [0.15, 0.2) is 77.3 Å². The number of methoxy groups -OCH3 is 1. The van der Waals surface area contributed by atoms with E-state index in [4.69, 9.17) is 25.8 Å². The number of halogens is 5. The van der Waals surface area contributed by atoms with E-state index in [1.54, 1.807) is 19.2 Å². The Kier molecular flexibility index (Phi) is 14.3. The Morgan fingerprint density at radius 3 is 1.88 bits per heavy atom. The summed E-state index contributed by atoms with van der Waals surface area (Å²) in [6, 6.07) is 21.9. The summed E-state index contributed by atoms with van der Waals surface area (Å²) in [5, 5.41) is 7.62. The van der Waals surface area contributed by atoms with Gasteiger partial charge in [-0.15, -0.1) is 0 Å². The molecule has 2 aliphatic rings. The van der Waals surface area contributed by atoms with E-state index in [2.05, 4.69) is 55.2 Å². The highest BCUT2D eigenvalue weighted by Gasteiger charge is 2.29. The van der Waals surface area contributed by atoms with Crippen LogP contribution >= 0.6 is 50.1 Å². The number of nitrogens with one attached hydrogen (secondary N) is 2. The lowest BCUT2D eigenvalue weighted by Gasteiger charge is -2.33. The third-order valence-electron chi connectivity index (χ3n) is 9.25. The van der Waals surface area contributed by atoms with Crippen LogP contribution in [0.1, 0.15) is 58.1 Å². The zero-order valence-electron chi connectivity index (χ0n) is 28.0. The van der Waals surface area contributed by atoms with Gasteiger partial charge in [0.2, 0.25) is 0 Å². The first-order chi connectivity index (χ1) is 23.6. The number of hydrogen-bond donors (Lipinski definition) is 2. The molecule has 2 aliphatic heterocycles. The molecule has 0 amide bonds. The summed E-state index contributed by atoms with van der Waals surface area (Å²) < 4.78 is 46.7. The summed E-state index contributed by atoms with van der Waals surface area (Å²) in [6.07, 6.45) is 2.11. The monoisotopic (exact) mass is 866 g/mol. The lowest BCUT2D eigenvalue weighted by Crippen LogP contribution is -2.40. The van der Waals surface area contributed by atoms with Gasteiger partial charge in [-0.1, -0.05) is 45.7 Å². The Morgan fingerprint density at radius 1 is 0.776 bits per heavy atom. The summed E-state index contributed by atoms with van der Waals surface area (Å²) in [5.41, 5.74) is 6.47. The van der Waals surface area contributed by atoms with Crippen molar-refractivity contribution in [2.24, 2.45) is 0 Å². The predicted molar refractivity (Wildman–Crippen MR) is 205 cm³/mol. The average Bonchev–Trinajstić information content (AvgIpc) is 3.09. The lowest BCUT2D eigenvalue weighted by molar-refractivity contribution is 0.00644. The van der Waals surface area contributed by atoms with Crippen molar-refractivity contribution < 1.29 is 23.0 Å². The van der Waals surface area contributed by atoms with E-state index in [0.717, 1.165) is 85.7 Å². The van der Waals surface area contributed by atoms with Crippen LogP contribution in [0.25, 0.3) is 0 Å². The number of hydrogen-bond acceptors (Lipinski definition) is 5. The molecule has 2 N–H and O–H groups in total. The standard InChI is InChI=1S/C20H23BrFNO2.C19H20ClFINO/c1-13-9-15(22)3-5-17(13)18-11-23-8-7-20(18)25-12-14-10-16(24-2)4-6-19(14)21;1-12-8-14(21)3-4-15(12)16-10-23-7-6-19(16)24-11-13-2-5-17(20)18(22)9-13/h3-6,9-10,18,20,23H,7-8,11-12H2,1-2H3;2-5,8-9,16,19,23H,6-7,10-11H2,1H3. The van der Waals surface area contributed by atoms with E-state index in [1.807, 2.05) is 56.3 Å². The molecule has 0 radical (unpaired) electrons. The molecule has 0 aliphatic carbocycles. The van der Waals surface area contributed by atoms with Crippen LogP contribution in [0, 0.1) is 29.1 Å². The third-order valence-corrected chi connectivity index (χ3v) is 11.6. The van der Waals surface area contributed by atoms with Crippen LogP contribution < -0.4 is 15.4 Å². The van der Waals surface area contributed by atoms with Gasteiger partial charge in [0.15, 0.2) is 0 Å². The molecule has 0 saturated carbocycles.